The Labute approximate surface area is 128 Å². The fourth-order valence-electron chi connectivity index (χ4n) is 1.96. The number of carbonyl (C=O) groups excluding carboxylic acids is 1. The molecule has 0 bridgehead atoms. The Hall–Kier alpha value is -0.0700. The monoisotopic (exact) mass is 315 g/mol. The van der Waals surface area contributed by atoms with Crippen LogP contribution in [0.4, 0.5) is 0 Å². The van der Waals surface area contributed by atoms with Crippen LogP contribution in [-0.2, 0) is 9.53 Å². The minimum absolute atomic E-state index is 0. The van der Waals surface area contributed by atoms with Crippen LogP contribution < -0.4 is 11.1 Å². The first-order chi connectivity index (χ1) is 7.99. The summed E-state index contributed by atoms with van der Waals surface area (Å²) in [6.45, 7) is 10.3. The highest BCUT2D eigenvalue weighted by atomic mass is 35.5. The first kappa shape index (κ1) is 21.2. The third-order valence-electron chi connectivity index (χ3n) is 2.76. The molecule has 1 aliphatic rings. The Morgan fingerprint density at radius 2 is 2.05 bits per heavy atom. The van der Waals surface area contributed by atoms with Crippen molar-refractivity contribution >= 4 is 30.7 Å². The molecule has 19 heavy (non-hydrogen) atoms. The molecule has 1 amide bonds. The lowest BCUT2D eigenvalue weighted by molar-refractivity contribution is -0.123. The zero-order valence-electron chi connectivity index (χ0n) is 11.9. The molecule has 116 valence electrons. The van der Waals surface area contributed by atoms with Gasteiger partial charge in [-0.1, -0.05) is 13.8 Å². The van der Waals surface area contributed by atoms with E-state index in [-0.39, 0.29) is 36.8 Å². The number of morpholine rings is 1. The molecule has 0 aromatic heterocycles. The van der Waals surface area contributed by atoms with Gasteiger partial charge in [0, 0.05) is 26.2 Å². The number of rotatable bonds is 5. The zero-order chi connectivity index (χ0) is 12.8. The lowest BCUT2D eigenvalue weighted by atomic mass is 10.2. The highest BCUT2D eigenvalue weighted by molar-refractivity contribution is 5.85. The molecule has 1 rings (SSSR count). The van der Waals surface area contributed by atoms with Crippen LogP contribution in [0.5, 0.6) is 0 Å². The van der Waals surface area contributed by atoms with Crippen LogP contribution in [0.15, 0.2) is 0 Å². The van der Waals surface area contributed by atoms with Gasteiger partial charge in [-0.3, -0.25) is 9.69 Å². The van der Waals surface area contributed by atoms with Crippen molar-refractivity contribution in [1.29, 1.82) is 0 Å². The van der Waals surface area contributed by atoms with Gasteiger partial charge in [0.25, 0.3) is 0 Å². The van der Waals surface area contributed by atoms with Crippen molar-refractivity contribution in [3.63, 3.8) is 0 Å². The van der Waals surface area contributed by atoms with E-state index in [0.717, 1.165) is 26.2 Å². The molecule has 1 heterocycles. The van der Waals surface area contributed by atoms with E-state index in [0.29, 0.717) is 12.5 Å². The predicted molar refractivity (Wildman–Crippen MR) is 82.2 cm³/mol. The van der Waals surface area contributed by atoms with E-state index in [4.69, 9.17) is 10.5 Å². The van der Waals surface area contributed by atoms with E-state index in [2.05, 4.69) is 24.1 Å². The summed E-state index contributed by atoms with van der Waals surface area (Å²) in [6.07, 6.45) is 0.0881. The van der Waals surface area contributed by atoms with Crippen molar-refractivity contribution in [2.75, 3.05) is 32.8 Å². The summed E-state index contributed by atoms with van der Waals surface area (Å²) in [5, 5.41) is 2.81. The van der Waals surface area contributed by atoms with Gasteiger partial charge in [0.2, 0.25) is 5.91 Å². The number of hydrogen-bond acceptors (Lipinski definition) is 4. The smallest absolute Gasteiger partial charge is 0.236 e. The Bertz CT molecular complexity index is 253. The van der Waals surface area contributed by atoms with Gasteiger partial charge in [0.1, 0.15) is 0 Å². The van der Waals surface area contributed by atoms with Crippen LogP contribution in [0.2, 0.25) is 0 Å². The predicted octanol–water partition coefficient (Wildman–Crippen LogP) is 0.650. The van der Waals surface area contributed by atoms with Crippen molar-refractivity contribution < 1.29 is 9.53 Å². The number of halogens is 2. The summed E-state index contributed by atoms with van der Waals surface area (Å²) >= 11 is 0. The van der Waals surface area contributed by atoms with Crippen molar-refractivity contribution in [3.8, 4) is 0 Å². The maximum absolute atomic E-state index is 11.3. The van der Waals surface area contributed by atoms with Crippen molar-refractivity contribution in [3.05, 3.63) is 0 Å². The summed E-state index contributed by atoms with van der Waals surface area (Å²) < 4.78 is 5.62. The second kappa shape index (κ2) is 10.7. The summed E-state index contributed by atoms with van der Waals surface area (Å²) in [4.78, 5) is 13.7. The average Bonchev–Trinajstić information content (AvgIpc) is 2.25. The van der Waals surface area contributed by atoms with Gasteiger partial charge in [0.05, 0.1) is 18.8 Å². The van der Waals surface area contributed by atoms with Crippen LogP contribution in [0, 0.1) is 5.92 Å². The van der Waals surface area contributed by atoms with Gasteiger partial charge >= 0.3 is 0 Å². The molecule has 0 aliphatic carbocycles. The molecular weight excluding hydrogens is 289 g/mol. The molecule has 3 N–H and O–H groups in total. The standard InChI is InChI=1S/C12H25N3O2.2ClH/c1-9(2)7-15-4-5-17-11(8-15)6-14-12(16)10(3)13;;/h9-11H,4-8,13H2,1-3H3,(H,14,16);2*1H/t10-,11?;;/m1../s1. The van der Waals surface area contributed by atoms with Crippen LogP contribution in [0.3, 0.4) is 0 Å². The maximum atomic E-state index is 11.3. The fourth-order valence-corrected chi connectivity index (χ4v) is 1.96. The Kier molecular flexibility index (Phi) is 11.9. The number of hydrogen-bond donors (Lipinski definition) is 2. The van der Waals surface area contributed by atoms with Gasteiger partial charge in [-0.2, -0.15) is 0 Å². The number of nitrogens with two attached hydrogens (primary N) is 1. The third-order valence-corrected chi connectivity index (χ3v) is 2.76. The van der Waals surface area contributed by atoms with Gasteiger partial charge in [-0.15, -0.1) is 24.8 Å². The third kappa shape index (κ3) is 8.65. The second-order valence-corrected chi connectivity index (χ2v) is 5.18. The lowest BCUT2D eigenvalue weighted by Crippen LogP contribution is -2.50. The molecule has 0 aromatic carbocycles. The van der Waals surface area contributed by atoms with Gasteiger partial charge in [-0.25, -0.2) is 0 Å². The molecule has 0 radical (unpaired) electrons. The van der Waals surface area contributed by atoms with E-state index in [1.54, 1.807) is 6.92 Å². The highest BCUT2D eigenvalue weighted by Crippen LogP contribution is 2.07. The first-order valence-electron chi connectivity index (χ1n) is 6.36. The molecule has 1 saturated heterocycles. The topological polar surface area (TPSA) is 67.6 Å². The Morgan fingerprint density at radius 3 is 2.58 bits per heavy atom. The van der Waals surface area contributed by atoms with Crippen molar-refractivity contribution in [2.45, 2.75) is 32.9 Å². The Balaban J connectivity index is 0. The van der Waals surface area contributed by atoms with Gasteiger partial charge in [-0.05, 0) is 12.8 Å². The molecule has 0 spiro atoms. The number of carbonyl (C=O) groups is 1. The maximum Gasteiger partial charge on any atom is 0.236 e. The van der Waals surface area contributed by atoms with Crippen molar-refractivity contribution in [2.24, 2.45) is 11.7 Å². The number of ether oxygens (including phenoxy) is 1. The summed E-state index contributed by atoms with van der Waals surface area (Å²) in [5.74, 6) is 0.544. The normalized spacial score (nSPS) is 21.2. The molecule has 2 atom stereocenters. The quantitative estimate of drug-likeness (QED) is 0.781. The van der Waals surface area contributed by atoms with Crippen molar-refractivity contribution in [1.82, 2.24) is 10.2 Å². The number of nitrogens with zero attached hydrogens (tertiary/aromatic N) is 1. The van der Waals surface area contributed by atoms with E-state index >= 15 is 0 Å². The van der Waals surface area contributed by atoms with E-state index in [1.165, 1.54) is 0 Å². The molecule has 0 saturated carbocycles. The van der Waals surface area contributed by atoms with E-state index < -0.39 is 6.04 Å². The molecule has 1 fully saturated rings. The lowest BCUT2D eigenvalue weighted by Gasteiger charge is -2.34. The van der Waals surface area contributed by atoms with Crippen LogP contribution in [-0.4, -0.2) is 55.7 Å². The molecule has 0 aromatic rings. The Morgan fingerprint density at radius 1 is 1.42 bits per heavy atom. The molecule has 5 nitrogen and oxygen atoms in total. The minimum atomic E-state index is -0.453. The summed E-state index contributed by atoms with van der Waals surface area (Å²) in [6, 6.07) is -0.453. The van der Waals surface area contributed by atoms with Crippen LogP contribution in [0.25, 0.3) is 0 Å². The summed E-state index contributed by atoms with van der Waals surface area (Å²) in [7, 11) is 0. The van der Waals surface area contributed by atoms with Crippen LogP contribution in [0.1, 0.15) is 20.8 Å². The highest BCUT2D eigenvalue weighted by Gasteiger charge is 2.21. The SMILES string of the molecule is CC(C)CN1CCOC(CNC(=O)[C@@H](C)N)C1.Cl.Cl. The van der Waals surface area contributed by atoms with Crippen LogP contribution >= 0.6 is 24.8 Å². The first-order valence-corrected chi connectivity index (χ1v) is 6.36. The molecule has 1 unspecified atom stereocenters. The summed E-state index contributed by atoms with van der Waals surface area (Å²) in [5.41, 5.74) is 5.48. The molecule has 7 heteroatoms. The van der Waals surface area contributed by atoms with Gasteiger partial charge in [0.15, 0.2) is 0 Å². The minimum Gasteiger partial charge on any atom is -0.374 e. The van der Waals surface area contributed by atoms with E-state index in [9.17, 15) is 4.79 Å². The zero-order valence-corrected chi connectivity index (χ0v) is 13.6. The average molecular weight is 316 g/mol. The molecular formula is C12H27Cl2N3O2. The number of amides is 1. The van der Waals surface area contributed by atoms with E-state index in [1.807, 2.05) is 0 Å². The molecule has 1 aliphatic heterocycles. The second-order valence-electron chi connectivity index (χ2n) is 5.18. The largest absolute Gasteiger partial charge is 0.374 e. The fraction of sp³-hybridized carbons (Fsp3) is 0.917. The van der Waals surface area contributed by atoms with Gasteiger partial charge < -0.3 is 15.8 Å². The number of nitrogens with one attached hydrogen (secondary N) is 1.